The number of nitrogens with one attached hydrogen (secondary N) is 1. The van der Waals surface area contributed by atoms with Crippen molar-refractivity contribution in [1.29, 1.82) is 0 Å². The van der Waals surface area contributed by atoms with Gasteiger partial charge in [-0.1, -0.05) is 35.3 Å². The van der Waals surface area contributed by atoms with Crippen molar-refractivity contribution in [2.24, 2.45) is 0 Å². The van der Waals surface area contributed by atoms with Gasteiger partial charge in [0.25, 0.3) is 5.91 Å². The molecule has 0 saturated carbocycles. The number of ether oxygens (including phenoxy) is 2. The maximum Gasteiger partial charge on any atom is 0.416 e. The quantitative estimate of drug-likeness (QED) is 0.214. The van der Waals surface area contributed by atoms with E-state index in [0.29, 0.717) is 24.3 Å². The van der Waals surface area contributed by atoms with Gasteiger partial charge in [0.1, 0.15) is 0 Å². The molecule has 0 saturated heterocycles. The standard InChI is InChI=1S/C26H15Cl2F6NO7/c27-16-9-17(28)11-18(10-16)35-21(36)19(41-23(39)12-3-1-5-14(7-12)25(29,30)31)20(22(37)38)42-24(40)13-4-2-6-15(8-13)26(32,33)34/h1-11,19-20H,(H,35,36)(H,37,38)/t19-,20+/m1/s1. The van der Waals surface area contributed by atoms with Crippen molar-refractivity contribution in [3.8, 4) is 0 Å². The van der Waals surface area contributed by atoms with Crippen LogP contribution in [0.4, 0.5) is 32.0 Å². The van der Waals surface area contributed by atoms with Crippen LogP contribution in [0.5, 0.6) is 0 Å². The zero-order valence-electron chi connectivity index (χ0n) is 20.4. The fourth-order valence-electron chi connectivity index (χ4n) is 3.35. The molecule has 0 heterocycles. The van der Waals surface area contributed by atoms with E-state index >= 15 is 0 Å². The minimum Gasteiger partial charge on any atom is -0.478 e. The van der Waals surface area contributed by atoms with Crippen LogP contribution in [0.2, 0.25) is 10.0 Å². The van der Waals surface area contributed by atoms with E-state index in [1.165, 1.54) is 6.07 Å². The monoisotopic (exact) mass is 637 g/mol. The van der Waals surface area contributed by atoms with Gasteiger partial charge in [-0.2, -0.15) is 26.3 Å². The minimum atomic E-state index is -4.89. The molecule has 222 valence electrons. The van der Waals surface area contributed by atoms with Crippen molar-refractivity contribution in [3.63, 3.8) is 0 Å². The van der Waals surface area contributed by atoms with E-state index in [1.807, 2.05) is 0 Å². The third-order valence-electron chi connectivity index (χ3n) is 5.23. The molecule has 0 radical (unpaired) electrons. The first kappa shape index (κ1) is 32.2. The molecule has 16 heteroatoms. The van der Waals surface area contributed by atoms with Gasteiger partial charge in [0.15, 0.2) is 0 Å². The zero-order chi connectivity index (χ0) is 31.4. The first-order valence-corrected chi connectivity index (χ1v) is 12.0. The molecule has 2 N–H and O–H groups in total. The van der Waals surface area contributed by atoms with Crippen molar-refractivity contribution in [3.05, 3.63) is 99.0 Å². The second kappa shape index (κ2) is 12.7. The van der Waals surface area contributed by atoms with Gasteiger partial charge in [0, 0.05) is 15.7 Å². The van der Waals surface area contributed by atoms with Gasteiger partial charge < -0.3 is 19.9 Å². The molecule has 0 fully saturated rings. The van der Waals surface area contributed by atoms with Crippen LogP contribution in [0.25, 0.3) is 0 Å². The molecule has 0 aromatic heterocycles. The predicted molar refractivity (Wildman–Crippen MR) is 134 cm³/mol. The Bertz CT molecular complexity index is 1510. The number of hydrogen-bond acceptors (Lipinski definition) is 6. The fourth-order valence-corrected chi connectivity index (χ4v) is 3.87. The number of anilines is 1. The van der Waals surface area contributed by atoms with Crippen LogP contribution in [0.1, 0.15) is 31.8 Å². The smallest absolute Gasteiger partial charge is 0.416 e. The van der Waals surface area contributed by atoms with Crippen LogP contribution >= 0.6 is 23.2 Å². The third-order valence-corrected chi connectivity index (χ3v) is 5.66. The number of carboxylic acids is 1. The Balaban J connectivity index is 1.99. The predicted octanol–water partition coefficient (Wildman–Crippen LogP) is 6.51. The second-order valence-corrected chi connectivity index (χ2v) is 9.17. The number of aliphatic carboxylic acids is 1. The van der Waals surface area contributed by atoms with E-state index in [0.717, 1.165) is 36.4 Å². The van der Waals surface area contributed by atoms with Gasteiger partial charge in [-0.3, -0.25) is 4.79 Å². The van der Waals surface area contributed by atoms with E-state index in [-0.39, 0.29) is 15.7 Å². The Hall–Kier alpha value is -4.30. The molecule has 3 aromatic carbocycles. The molecule has 3 aromatic rings. The normalized spacial score (nSPS) is 13.0. The van der Waals surface area contributed by atoms with Crippen LogP contribution < -0.4 is 5.32 Å². The van der Waals surface area contributed by atoms with Gasteiger partial charge in [0.05, 0.1) is 22.3 Å². The van der Waals surface area contributed by atoms with Gasteiger partial charge in [-0.05, 0) is 54.6 Å². The molecule has 0 aliphatic carbocycles. The number of halogens is 8. The maximum atomic E-state index is 13.1. The Morgan fingerprint density at radius 3 is 1.52 bits per heavy atom. The molecule has 0 bridgehead atoms. The first-order valence-electron chi connectivity index (χ1n) is 11.2. The van der Waals surface area contributed by atoms with Crippen LogP contribution in [-0.2, 0) is 31.4 Å². The van der Waals surface area contributed by atoms with Crippen LogP contribution in [0.15, 0.2) is 66.7 Å². The number of benzene rings is 3. The maximum absolute atomic E-state index is 13.1. The zero-order valence-corrected chi connectivity index (χ0v) is 21.9. The van der Waals surface area contributed by atoms with E-state index in [2.05, 4.69) is 5.32 Å². The Kier molecular flexibility index (Phi) is 9.74. The molecular weight excluding hydrogens is 623 g/mol. The van der Waals surface area contributed by atoms with Crippen molar-refractivity contribution in [2.45, 2.75) is 24.6 Å². The molecule has 8 nitrogen and oxygen atoms in total. The largest absolute Gasteiger partial charge is 0.478 e. The van der Waals surface area contributed by atoms with Gasteiger partial charge in [-0.15, -0.1) is 0 Å². The fraction of sp³-hybridized carbons (Fsp3) is 0.154. The molecule has 0 aliphatic heterocycles. The van der Waals surface area contributed by atoms with E-state index in [1.54, 1.807) is 0 Å². The third kappa shape index (κ3) is 8.36. The van der Waals surface area contributed by atoms with E-state index in [9.17, 15) is 50.6 Å². The molecule has 0 unspecified atom stereocenters. The summed E-state index contributed by atoms with van der Waals surface area (Å²) in [4.78, 5) is 50.6. The first-order chi connectivity index (χ1) is 19.5. The minimum absolute atomic E-state index is 0.000990. The number of carbonyl (C=O) groups excluding carboxylic acids is 3. The number of alkyl halides is 6. The highest BCUT2D eigenvalue weighted by Crippen LogP contribution is 2.31. The molecular formula is C26H15Cl2F6NO7. The summed E-state index contributed by atoms with van der Waals surface area (Å²) in [5, 5.41) is 11.9. The lowest BCUT2D eigenvalue weighted by Crippen LogP contribution is -2.48. The number of carbonyl (C=O) groups is 4. The number of rotatable bonds is 8. The summed E-state index contributed by atoms with van der Waals surface area (Å²) in [6, 6.07) is 8.89. The molecule has 0 aliphatic rings. The average Bonchev–Trinajstić information content (AvgIpc) is 2.88. The van der Waals surface area contributed by atoms with E-state index < -0.39 is 70.6 Å². The number of carboxylic acid groups (broad SMARTS) is 1. The van der Waals surface area contributed by atoms with Crippen LogP contribution in [-0.4, -0.2) is 41.1 Å². The topological polar surface area (TPSA) is 119 Å². The number of esters is 2. The highest BCUT2D eigenvalue weighted by atomic mass is 35.5. The summed E-state index contributed by atoms with van der Waals surface area (Å²) in [5.41, 5.74) is -4.27. The van der Waals surface area contributed by atoms with Crippen molar-refractivity contribution in [2.75, 3.05) is 5.32 Å². The van der Waals surface area contributed by atoms with Crippen LogP contribution in [0, 0.1) is 0 Å². The highest BCUT2D eigenvalue weighted by molar-refractivity contribution is 6.35. The lowest BCUT2D eigenvalue weighted by molar-refractivity contribution is -0.157. The second-order valence-electron chi connectivity index (χ2n) is 8.29. The molecule has 3 rings (SSSR count). The molecule has 2 atom stereocenters. The van der Waals surface area contributed by atoms with Gasteiger partial charge in [0.2, 0.25) is 12.2 Å². The lowest BCUT2D eigenvalue weighted by Gasteiger charge is -2.24. The summed E-state index contributed by atoms with van der Waals surface area (Å²) >= 11 is 11.7. The van der Waals surface area contributed by atoms with Crippen LogP contribution in [0.3, 0.4) is 0 Å². The summed E-state index contributed by atoms with van der Waals surface area (Å²) in [7, 11) is 0. The number of hydrogen-bond donors (Lipinski definition) is 2. The van der Waals surface area contributed by atoms with E-state index in [4.69, 9.17) is 32.7 Å². The Labute approximate surface area is 241 Å². The number of amides is 1. The summed E-state index contributed by atoms with van der Waals surface area (Å²) < 4.78 is 88.3. The Morgan fingerprint density at radius 2 is 1.12 bits per heavy atom. The SMILES string of the molecule is O=C(O[C@H](C(=O)O)[C@@H](OC(=O)c1cccc(C(F)(F)F)c1)C(=O)Nc1cc(Cl)cc(Cl)c1)c1cccc(C(F)(F)F)c1. The molecule has 0 spiro atoms. The summed E-state index contributed by atoms with van der Waals surface area (Å²) in [6.45, 7) is 0. The lowest BCUT2D eigenvalue weighted by atomic mass is 10.1. The van der Waals surface area contributed by atoms with Crippen molar-refractivity contribution < 1.29 is 60.1 Å². The van der Waals surface area contributed by atoms with Gasteiger partial charge in [-0.25, -0.2) is 14.4 Å². The van der Waals surface area contributed by atoms with Crippen molar-refractivity contribution >= 4 is 52.7 Å². The highest BCUT2D eigenvalue weighted by Gasteiger charge is 2.42. The Morgan fingerprint density at radius 1 is 0.690 bits per heavy atom. The molecule has 1 amide bonds. The van der Waals surface area contributed by atoms with Crippen molar-refractivity contribution in [1.82, 2.24) is 0 Å². The summed E-state index contributed by atoms with van der Waals surface area (Å²) in [5.74, 6) is -6.87. The van der Waals surface area contributed by atoms with Gasteiger partial charge >= 0.3 is 30.3 Å². The summed E-state index contributed by atoms with van der Waals surface area (Å²) in [6.07, 6.45) is -15.1. The average molecular weight is 638 g/mol. The molecule has 42 heavy (non-hydrogen) atoms.